The Labute approximate surface area is 91.5 Å². The smallest absolute Gasteiger partial charge is 0.0929 e. The molecule has 0 aliphatic carbocycles. The topological polar surface area (TPSA) is 63.9 Å². The van der Waals surface area contributed by atoms with Gasteiger partial charge in [-0.3, -0.25) is 4.90 Å². The molecule has 0 spiro atoms. The average Bonchev–Trinajstić information content (AvgIpc) is 2.22. The predicted octanol–water partition coefficient (Wildman–Crippen LogP) is -0.179. The van der Waals surface area contributed by atoms with Crippen molar-refractivity contribution < 1.29 is 15.3 Å². The number of aliphatic hydroxyl groups excluding tert-OH is 3. The SMILES string of the molecule is CCCC(C)N1C[C@@H](CO)[C@H](O)[C@@H](O)C1. The van der Waals surface area contributed by atoms with E-state index >= 15 is 0 Å². The molecule has 4 nitrogen and oxygen atoms in total. The summed E-state index contributed by atoms with van der Waals surface area (Å²) in [5.74, 6) is -0.215. The zero-order valence-corrected chi connectivity index (χ0v) is 9.63. The van der Waals surface area contributed by atoms with Crippen LogP contribution in [0.5, 0.6) is 0 Å². The molecule has 1 fully saturated rings. The average molecular weight is 217 g/mol. The van der Waals surface area contributed by atoms with Crippen molar-refractivity contribution in [1.82, 2.24) is 4.90 Å². The Kier molecular flexibility index (Phi) is 4.99. The van der Waals surface area contributed by atoms with Crippen molar-refractivity contribution in [2.45, 2.75) is 44.9 Å². The van der Waals surface area contributed by atoms with Gasteiger partial charge in [-0.1, -0.05) is 13.3 Å². The molecule has 0 bridgehead atoms. The molecule has 0 aromatic rings. The monoisotopic (exact) mass is 217 g/mol. The van der Waals surface area contributed by atoms with Crippen LogP contribution in [0.2, 0.25) is 0 Å². The Balaban J connectivity index is 2.54. The summed E-state index contributed by atoms with van der Waals surface area (Å²) in [5, 5.41) is 28.4. The van der Waals surface area contributed by atoms with Gasteiger partial charge in [0.05, 0.1) is 12.2 Å². The highest BCUT2D eigenvalue weighted by Crippen LogP contribution is 2.20. The largest absolute Gasteiger partial charge is 0.396 e. The Bertz CT molecular complexity index is 189. The van der Waals surface area contributed by atoms with Gasteiger partial charge in [0.1, 0.15) is 0 Å². The first kappa shape index (κ1) is 12.9. The second-order valence-corrected chi connectivity index (χ2v) is 4.59. The fraction of sp³-hybridized carbons (Fsp3) is 1.00. The zero-order valence-electron chi connectivity index (χ0n) is 9.63. The first-order valence-electron chi connectivity index (χ1n) is 5.81. The van der Waals surface area contributed by atoms with Crippen LogP contribution in [0.4, 0.5) is 0 Å². The molecule has 0 aromatic carbocycles. The Morgan fingerprint density at radius 2 is 2.00 bits per heavy atom. The van der Waals surface area contributed by atoms with Gasteiger partial charge in [-0.2, -0.15) is 0 Å². The van der Waals surface area contributed by atoms with Gasteiger partial charge in [-0.05, 0) is 13.3 Å². The molecule has 4 heteroatoms. The summed E-state index contributed by atoms with van der Waals surface area (Å²) in [6.45, 7) is 5.39. The van der Waals surface area contributed by atoms with Crippen molar-refractivity contribution in [3.63, 3.8) is 0 Å². The lowest BCUT2D eigenvalue weighted by molar-refractivity contribution is -0.0943. The van der Waals surface area contributed by atoms with Gasteiger partial charge in [-0.25, -0.2) is 0 Å². The van der Waals surface area contributed by atoms with Crippen molar-refractivity contribution in [3.8, 4) is 0 Å². The van der Waals surface area contributed by atoms with E-state index in [0.29, 0.717) is 19.1 Å². The third kappa shape index (κ3) is 3.14. The molecular weight excluding hydrogens is 194 g/mol. The second kappa shape index (κ2) is 5.80. The third-order valence-corrected chi connectivity index (χ3v) is 3.33. The number of piperidine rings is 1. The molecule has 0 saturated carbocycles. The quantitative estimate of drug-likeness (QED) is 0.611. The van der Waals surface area contributed by atoms with Crippen molar-refractivity contribution in [1.29, 1.82) is 0 Å². The lowest BCUT2D eigenvalue weighted by Crippen LogP contribution is -2.55. The summed E-state index contributed by atoms with van der Waals surface area (Å²) in [5.41, 5.74) is 0. The van der Waals surface area contributed by atoms with Crippen molar-refractivity contribution >= 4 is 0 Å². The van der Waals surface area contributed by atoms with Gasteiger partial charge in [0, 0.05) is 31.7 Å². The van der Waals surface area contributed by atoms with E-state index in [-0.39, 0.29) is 12.5 Å². The summed E-state index contributed by atoms with van der Waals surface area (Å²) < 4.78 is 0. The number of aliphatic hydroxyl groups is 3. The first-order chi connectivity index (χ1) is 7.10. The maximum absolute atomic E-state index is 9.66. The maximum atomic E-state index is 9.66. The fourth-order valence-corrected chi connectivity index (χ4v) is 2.27. The second-order valence-electron chi connectivity index (χ2n) is 4.59. The van der Waals surface area contributed by atoms with Gasteiger partial charge < -0.3 is 15.3 Å². The molecule has 1 saturated heterocycles. The number of rotatable bonds is 4. The summed E-state index contributed by atoms with van der Waals surface area (Å²) in [6, 6.07) is 0.409. The van der Waals surface area contributed by atoms with Crippen LogP contribution in [-0.2, 0) is 0 Å². The first-order valence-corrected chi connectivity index (χ1v) is 5.81. The van der Waals surface area contributed by atoms with E-state index in [1.54, 1.807) is 0 Å². The van der Waals surface area contributed by atoms with Crippen LogP contribution in [-0.4, -0.2) is 58.2 Å². The molecular formula is C11H23NO3. The van der Waals surface area contributed by atoms with Crippen LogP contribution in [0.3, 0.4) is 0 Å². The van der Waals surface area contributed by atoms with Crippen LogP contribution in [0.15, 0.2) is 0 Å². The molecule has 1 aliphatic rings. The summed E-state index contributed by atoms with van der Waals surface area (Å²) in [4.78, 5) is 2.15. The lowest BCUT2D eigenvalue weighted by Gasteiger charge is -2.41. The van der Waals surface area contributed by atoms with E-state index in [9.17, 15) is 10.2 Å². The molecule has 90 valence electrons. The van der Waals surface area contributed by atoms with Gasteiger partial charge in [0.25, 0.3) is 0 Å². The van der Waals surface area contributed by atoms with E-state index < -0.39 is 12.2 Å². The summed E-state index contributed by atoms with van der Waals surface area (Å²) >= 11 is 0. The van der Waals surface area contributed by atoms with Crippen LogP contribution in [0.25, 0.3) is 0 Å². The molecule has 15 heavy (non-hydrogen) atoms. The predicted molar refractivity (Wildman–Crippen MR) is 58.5 cm³/mol. The Morgan fingerprint density at radius 3 is 2.53 bits per heavy atom. The fourth-order valence-electron chi connectivity index (χ4n) is 2.27. The van der Waals surface area contributed by atoms with Crippen molar-refractivity contribution in [2.24, 2.45) is 5.92 Å². The Morgan fingerprint density at radius 1 is 1.33 bits per heavy atom. The molecule has 1 aliphatic heterocycles. The minimum absolute atomic E-state index is 0.0619. The number of hydrogen-bond acceptors (Lipinski definition) is 4. The van der Waals surface area contributed by atoms with Gasteiger partial charge in [0.2, 0.25) is 0 Å². The lowest BCUT2D eigenvalue weighted by atomic mass is 9.92. The van der Waals surface area contributed by atoms with E-state index in [2.05, 4.69) is 18.7 Å². The van der Waals surface area contributed by atoms with E-state index in [4.69, 9.17) is 5.11 Å². The van der Waals surface area contributed by atoms with Gasteiger partial charge >= 0.3 is 0 Å². The maximum Gasteiger partial charge on any atom is 0.0929 e. The summed E-state index contributed by atoms with van der Waals surface area (Å²) in [7, 11) is 0. The van der Waals surface area contributed by atoms with Crippen LogP contribution < -0.4 is 0 Å². The zero-order chi connectivity index (χ0) is 11.4. The highest BCUT2D eigenvalue weighted by atomic mass is 16.3. The molecule has 1 unspecified atom stereocenters. The van der Waals surface area contributed by atoms with Crippen molar-refractivity contribution in [2.75, 3.05) is 19.7 Å². The standard InChI is InChI=1S/C11H23NO3/c1-3-4-8(2)12-5-9(7-13)11(15)10(14)6-12/h8-11,13-15H,3-7H2,1-2H3/t8?,9-,10-,11-/m0/s1. The molecule has 0 radical (unpaired) electrons. The van der Waals surface area contributed by atoms with Crippen molar-refractivity contribution in [3.05, 3.63) is 0 Å². The van der Waals surface area contributed by atoms with Crippen LogP contribution in [0.1, 0.15) is 26.7 Å². The third-order valence-electron chi connectivity index (χ3n) is 3.33. The van der Waals surface area contributed by atoms with Crippen LogP contribution in [0, 0.1) is 5.92 Å². The van der Waals surface area contributed by atoms with Gasteiger partial charge in [0.15, 0.2) is 0 Å². The molecule has 0 amide bonds. The highest BCUT2D eigenvalue weighted by molar-refractivity contribution is 4.88. The van der Waals surface area contributed by atoms with Crippen LogP contribution >= 0.6 is 0 Å². The molecule has 1 rings (SSSR count). The Hall–Kier alpha value is -0.160. The van der Waals surface area contributed by atoms with E-state index in [1.165, 1.54) is 0 Å². The molecule has 1 heterocycles. The van der Waals surface area contributed by atoms with E-state index in [1.807, 2.05) is 0 Å². The number of hydrogen-bond donors (Lipinski definition) is 3. The molecule has 4 atom stereocenters. The van der Waals surface area contributed by atoms with Gasteiger partial charge in [-0.15, -0.1) is 0 Å². The number of likely N-dealkylation sites (tertiary alicyclic amines) is 1. The van der Waals surface area contributed by atoms with E-state index in [0.717, 1.165) is 12.8 Å². The highest BCUT2D eigenvalue weighted by Gasteiger charge is 2.35. The minimum atomic E-state index is -0.778. The number of nitrogens with zero attached hydrogens (tertiary/aromatic N) is 1. The normalized spacial score (nSPS) is 35.4. The molecule has 3 N–H and O–H groups in total. The molecule has 0 aromatic heterocycles. The minimum Gasteiger partial charge on any atom is -0.396 e. The number of β-amino-alcohol motifs (C(OH)–C–C–N with tert-alkyl or cyclic N) is 1. The summed E-state index contributed by atoms with van der Waals surface area (Å²) in [6.07, 6.45) is 0.691.